The lowest BCUT2D eigenvalue weighted by molar-refractivity contribution is 0.150. The maximum absolute atomic E-state index is 5.83. The minimum atomic E-state index is 0.694. The van der Waals surface area contributed by atoms with Crippen LogP contribution in [0.4, 0.5) is 0 Å². The van der Waals surface area contributed by atoms with E-state index in [1.807, 2.05) is 0 Å². The van der Waals surface area contributed by atoms with Crippen molar-refractivity contribution in [1.29, 1.82) is 0 Å². The van der Waals surface area contributed by atoms with E-state index in [2.05, 4.69) is 25.7 Å². The van der Waals surface area contributed by atoms with E-state index in [1.165, 1.54) is 45.2 Å². The second-order valence-corrected chi connectivity index (χ2v) is 5.80. The summed E-state index contributed by atoms with van der Waals surface area (Å²) in [5.74, 6) is 1.47. The third kappa shape index (κ3) is 4.42. The predicted octanol–water partition coefficient (Wildman–Crippen LogP) is 2.87. The molecule has 0 aliphatic heterocycles. The van der Waals surface area contributed by atoms with Gasteiger partial charge in [-0.25, -0.2) is 0 Å². The molecule has 2 nitrogen and oxygen atoms in total. The van der Waals surface area contributed by atoms with E-state index in [9.17, 15) is 0 Å². The van der Waals surface area contributed by atoms with E-state index in [0.717, 1.165) is 18.5 Å². The molecule has 1 rings (SSSR count). The zero-order valence-electron chi connectivity index (χ0n) is 11.4. The largest absolute Gasteiger partial charge is 0.330 e. The third-order valence-electron chi connectivity index (χ3n) is 3.84. The maximum Gasteiger partial charge on any atom is 0.00954 e. The highest BCUT2D eigenvalue weighted by Crippen LogP contribution is 2.25. The number of hydrogen-bond acceptors (Lipinski definition) is 2. The molecule has 0 saturated heterocycles. The Hall–Kier alpha value is -0.0800. The molecular weight excluding hydrogens is 196 g/mol. The fourth-order valence-electron chi connectivity index (χ4n) is 2.81. The van der Waals surface area contributed by atoms with Crippen LogP contribution < -0.4 is 5.73 Å². The van der Waals surface area contributed by atoms with Gasteiger partial charge in [-0.1, -0.05) is 40.0 Å². The van der Waals surface area contributed by atoms with Crippen molar-refractivity contribution in [3.8, 4) is 0 Å². The molecule has 1 atom stereocenters. The van der Waals surface area contributed by atoms with Gasteiger partial charge in [0.15, 0.2) is 0 Å². The molecular formula is C14H30N2. The van der Waals surface area contributed by atoms with Crippen LogP contribution in [0.3, 0.4) is 0 Å². The molecule has 0 aromatic rings. The van der Waals surface area contributed by atoms with Crippen LogP contribution in [0.5, 0.6) is 0 Å². The van der Waals surface area contributed by atoms with Gasteiger partial charge >= 0.3 is 0 Å². The number of hydrogen-bond donors (Lipinski definition) is 1. The van der Waals surface area contributed by atoms with Crippen molar-refractivity contribution in [2.45, 2.75) is 58.9 Å². The SMILES string of the molecule is CCC(CN)CN(CC(C)C)C1CCCC1. The molecule has 0 bridgehead atoms. The van der Waals surface area contributed by atoms with E-state index < -0.39 is 0 Å². The Labute approximate surface area is 102 Å². The monoisotopic (exact) mass is 226 g/mol. The smallest absolute Gasteiger partial charge is 0.00954 e. The minimum Gasteiger partial charge on any atom is -0.330 e. The topological polar surface area (TPSA) is 29.3 Å². The molecule has 0 amide bonds. The first kappa shape index (κ1) is 14.0. The fraction of sp³-hybridized carbons (Fsp3) is 1.00. The van der Waals surface area contributed by atoms with Crippen molar-refractivity contribution in [2.75, 3.05) is 19.6 Å². The number of nitrogens with two attached hydrogens (primary N) is 1. The van der Waals surface area contributed by atoms with E-state index in [-0.39, 0.29) is 0 Å². The van der Waals surface area contributed by atoms with Gasteiger partial charge in [0.1, 0.15) is 0 Å². The van der Waals surface area contributed by atoms with Crippen molar-refractivity contribution in [3.05, 3.63) is 0 Å². The fourth-order valence-corrected chi connectivity index (χ4v) is 2.81. The molecule has 1 saturated carbocycles. The highest BCUT2D eigenvalue weighted by Gasteiger charge is 2.24. The Kier molecular flexibility index (Phi) is 6.37. The predicted molar refractivity (Wildman–Crippen MR) is 71.5 cm³/mol. The van der Waals surface area contributed by atoms with Gasteiger partial charge in [-0.05, 0) is 31.2 Å². The second kappa shape index (κ2) is 7.29. The lowest BCUT2D eigenvalue weighted by atomic mass is 10.0. The van der Waals surface area contributed by atoms with Gasteiger partial charge in [0.05, 0.1) is 0 Å². The quantitative estimate of drug-likeness (QED) is 0.723. The summed E-state index contributed by atoms with van der Waals surface area (Å²) in [6, 6.07) is 0.850. The zero-order chi connectivity index (χ0) is 12.0. The van der Waals surface area contributed by atoms with Crippen molar-refractivity contribution < 1.29 is 0 Å². The first-order valence-electron chi connectivity index (χ1n) is 7.11. The first-order valence-corrected chi connectivity index (χ1v) is 7.11. The molecule has 0 aromatic heterocycles. The minimum absolute atomic E-state index is 0.694. The molecule has 1 aliphatic rings. The molecule has 16 heavy (non-hydrogen) atoms. The zero-order valence-corrected chi connectivity index (χ0v) is 11.4. The molecule has 0 heterocycles. The van der Waals surface area contributed by atoms with E-state index >= 15 is 0 Å². The highest BCUT2D eigenvalue weighted by molar-refractivity contribution is 4.80. The van der Waals surface area contributed by atoms with Crippen LogP contribution in [0, 0.1) is 11.8 Å². The van der Waals surface area contributed by atoms with E-state index in [0.29, 0.717) is 5.92 Å². The van der Waals surface area contributed by atoms with Gasteiger partial charge in [0, 0.05) is 19.1 Å². The van der Waals surface area contributed by atoms with Crippen LogP contribution in [0.1, 0.15) is 52.9 Å². The molecule has 0 radical (unpaired) electrons. The summed E-state index contributed by atoms with van der Waals surface area (Å²) in [5, 5.41) is 0. The summed E-state index contributed by atoms with van der Waals surface area (Å²) >= 11 is 0. The summed E-state index contributed by atoms with van der Waals surface area (Å²) in [6.07, 6.45) is 6.90. The van der Waals surface area contributed by atoms with Crippen LogP contribution in [-0.2, 0) is 0 Å². The lowest BCUT2D eigenvalue weighted by Gasteiger charge is -2.33. The van der Waals surface area contributed by atoms with Gasteiger partial charge < -0.3 is 5.73 Å². The van der Waals surface area contributed by atoms with Crippen molar-refractivity contribution in [3.63, 3.8) is 0 Å². The molecule has 96 valence electrons. The summed E-state index contributed by atoms with van der Waals surface area (Å²) in [5.41, 5.74) is 5.83. The summed E-state index contributed by atoms with van der Waals surface area (Å²) < 4.78 is 0. The van der Waals surface area contributed by atoms with Crippen molar-refractivity contribution in [1.82, 2.24) is 4.90 Å². The van der Waals surface area contributed by atoms with Crippen LogP contribution in [-0.4, -0.2) is 30.6 Å². The van der Waals surface area contributed by atoms with E-state index in [1.54, 1.807) is 0 Å². The van der Waals surface area contributed by atoms with Gasteiger partial charge in [-0.2, -0.15) is 0 Å². The van der Waals surface area contributed by atoms with Gasteiger partial charge in [-0.15, -0.1) is 0 Å². The van der Waals surface area contributed by atoms with Gasteiger partial charge in [-0.3, -0.25) is 4.90 Å². The Morgan fingerprint density at radius 3 is 2.25 bits per heavy atom. The summed E-state index contributed by atoms with van der Waals surface area (Å²) in [4.78, 5) is 2.72. The molecule has 2 N–H and O–H groups in total. The number of nitrogens with zero attached hydrogens (tertiary/aromatic N) is 1. The van der Waals surface area contributed by atoms with Crippen LogP contribution in [0.25, 0.3) is 0 Å². The van der Waals surface area contributed by atoms with Gasteiger partial charge in [0.2, 0.25) is 0 Å². The van der Waals surface area contributed by atoms with Gasteiger partial charge in [0.25, 0.3) is 0 Å². The highest BCUT2D eigenvalue weighted by atomic mass is 15.2. The Bertz CT molecular complexity index is 170. The Balaban J connectivity index is 2.48. The third-order valence-corrected chi connectivity index (χ3v) is 3.84. The standard InChI is InChI=1S/C14H30N2/c1-4-13(9-15)11-16(10-12(2)3)14-7-5-6-8-14/h12-14H,4-11,15H2,1-3H3. The Morgan fingerprint density at radius 1 is 1.19 bits per heavy atom. The van der Waals surface area contributed by atoms with Crippen molar-refractivity contribution >= 4 is 0 Å². The first-order chi connectivity index (χ1) is 7.67. The molecule has 1 fully saturated rings. The summed E-state index contributed by atoms with van der Waals surface area (Å²) in [6.45, 7) is 10.2. The lowest BCUT2D eigenvalue weighted by Crippen LogP contribution is -2.41. The van der Waals surface area contributed by atoms with E-state index in [4.69, 9.17) is 5.73 Å². The average Bonchev–Trinajstić information content (AvgIpc) is 2.76. The molecule has 0 aromatic carbocycles. The van der Waals surface area contributed by atoms with Crippen LogP contribution >= 0.6 is 0 Å². The Morgan fingerprint density at radius 2 is 1.81 bits per heavy atom. The molecule has 1 unspecified atom stereocenters. The average molecular weight is 226 g/mol. The molecule has 2 heteroatoms. The maximum atomic E-state index is 5.83. The second-order valence-electron chi connectivity index (χ2n) is 5.80. The summed E-state index contributed by atoms with van der Waals surface area (Å²) in [7, 11) is 0. The number of rotatable bonds is 7. The molecule has 1 aliphatic carbocycles. The normalized spacial score (nSPS) is 19.9. The van der Waals surface area contributed by atoms with Crippen LogP contribution in [0.15, 0.2) is 0 Å². The van der Waals surface area contributed by atoms with Crippen LogP contribution in [0.2, 0.25) is 0 Å². The molecule has 0 spiro atoms. The van der Waals surface area contributed by atoms with Crippen molar-refractivity contribution in [2.24, 2.45) is 17.6 Å².